The summed E-state index contributed by atoms with van der Waals surface area (Å²) in [7, 11) is 0. The lowest BCUT2D eigenvalue weighted by Crippen LogP contribution is -2.00. The van der Waals surface area contributed by atoms with E-state index in [1.54, 1.807) is 0 Å². The van der Waals surface area contributed by atoms with Crippen molar-refractivity contribution in [2.45, 2.75) is 51.4 Å². The van der Waals surface area contributed by atoms with Gasteiger partial charge < -0.3 is 22.9 Å². The number of unbranched alkanes of at least 4 members (excludes halogenated alkanes) is 6. The topological polar surface area (TPSA) is 104 Å². The van der Waals surface area contributed by atoms with E-state index in [0.717, 1.165) is 51.9 Å². The molecule has 0 aliphatic rings. The van der Waals surface area contributed by atoms with Crippen LogP contribution in [-0.2, 0) is 0 Å². The zero-order chi connectivity index (χ0) is 12.5. The minimum Gasteiger partial charge on any atom is -0.330 e. The van der Waals surface area contributed by atoms with Crippen molar-refractivity contribution in [2.24, 2.45) is 22.9 Å². The Hall–Kier alpha value is 0.420. The van der Waals surface area contributed by atoms with Gasteiger partial charge in [-0.15, -0.1) is 24.8 Å². The highest BCUT2D eigenvalue weighted by atomic mass is 35.5. The van der Waals surface area contributed by atoms with Gasteiger partial charge in [-0.25, -0.2) is 0 Å². The summed E-state index contributed by atoms with van der Waals surface area (Å²) in [5.74, 6) is 0. The maximum Gasteiger partial charge on any atom is -0.00773 e. The molecule has 116 valence electrons. The van der Waals surface area contributed by atoms with Crippen molar-refractivity contribution in [1.82, 2.24) is 0 Å². The molecule has 18 heavy (non-hydrogen) atoms. The van der Waals surface area contributed by atoms with Crippen molar-refractivity contribution in [3.8, 4) is 0 Å². The van der Waals surface area contributed by atoms with E-state index in [1.807, 2.05) is 0 Å². The van der Waals surface area contributed by atoms with Crippen LogP contribution < -0.4 is 22.9 Å². The fourth-order valence-corrected chi connectivity index (χ4v) is 1.28. The Morgan fingerprint density at radius 3 is 0.611 bits per heavy atom. The maximum atomic E-state index is 5.28. The third kappa shape index (κ3) is 36.0. The Labute approximate surface area is 125 Å². The first-order valence-corrected chi connectivity index (χ1v) is 6.63. The molecule has 0 aromatic rings. The van der Waals surface area contributed by atoms with Crippen LogP contribution in [0.3, 0.4) is 0 Å². The SMILES string of the molecule is Cl.Cl.NCCCCCCN.NCCCCCCN. The monoisotopic (exact) mass is 304 g/mol. The summed E-state index contributed by atoms with van der Waals surface area (Å²) in [5, 5.41) is 0. The minimum atomic E-state index is 0. The summed E-state index contributed by atoms with van der Waals surface area (Å²) in [4.78, 5) is 0. The second-order valence-corrected chi connectivity index (χ2v) is 3.98. The van der Waals surface area contributed by atoms with Gasteiger partial charge in [0.2, 0.25) is 0 Å². The molecule has 0 atom stereocenters. The van der Waals surface area contributed by atoms with Gasteiger partial charge in [0.05, 0.1) is 0 Å². The maximum absolute atomic E-state index is 5.28. The molecular formula is C12H34Cl2N4. The van der Waals surface area contributed by atoms with Crippen LogP contribution in [0.25, 0.3) is 0 Å². The zero-order valence-corrected chi connectivity index (χ0v) is 13.2. The predicted octanol–water partition coefficient (Wildman–Crippen LogP) is 1.77. The summed E-state index contributed by atoms with van der Waals surface area (Å²) in [6.07, 6.45) is 9.59. The quantitative estimate of drug-likeness (QED) is 0.462. The predicted molar refractivity (Wildman–Crippen MR) is 87.6 cm³/mol. The fourth-order valence-electron chi connectivity index (χ4n) is 1.28. The molecule has 0 amide bonds. The summed E-state index contributed by atoms with van der Waals surface area (Å²) in [6.45, 7) is 3.30. The van der Waals surface area contributed by atoms with Crippen LogP contribution in [0.2, 0.25) is 0 Å². The second-order valence-electron chi connectivity index (χ2n) is 3.98. The smallest absolute Gasteiger partial charge is 0.00773 e. The Balaban J connectivity index is -0.0000000980. The third-order valence-corrected chi connectivity index (χ3v) is 2.32. The number of halogens is 2. The highest BCUT2D eigenvalue weighted by Gasteiger charge is 1.84. The molecule has 0 aromatic carbocycles. The van der Waals surface area contributed by atoms with Gasteiger partial charge in [0, 0.05) is 0 Å². The molecule has 0 aliphatic heterocycles. The Bertz CT molecular complexity index is 84.1. The van der Waals surface area contributed by atoms with Gasteiger partial charge in [-0.05, 0) is 51.9 Å². The van der Waals surface area contributed by atoms with Crippen LogP contribution in [0.4, 0.5) is 0 Å². The first-order valence-electron chi connectivity index (χ1n) is 6.63. The van der Waals surface area contributed by atoms with Gasteiger partial charge in [0.1, 0.15) is 0 Å². The van der Waals surface area contributed by atoms with E-state index in [1.165, 1.54) is 25.7 Å². The molecule has 0 bridgehead atoms. The van der Waals surface area contributed by atoms with Crippen molar-refractivity contribution in [3.05, 3.63) is 0 Å². The van der Waals surface area contributed by atoms with Crippen LogP contribution in [0, 0.1) is 0 Å². The minimum absolute atomic E-state index is 0. The molecule has 0 unspecified atom stereocenters. The number of nitrogens with two attached hydrogens (primary N) is 4. The lowest BCUT2D eigenvalue weighted by Gasteiger charge is -1.94. The summed E-state index contributed by atoms with van der Waals surface area (Å²) in [5.41, 5.74) is 21.1. The molecule has 0 rings (SSSR count). The largest absolute Gasteiger partial charge is 0.330 e. The molecule has 0 heterocycles. The third-order valence-electron chi connectivity index (χ3n) is 2.32. The molecule has 4 nitrogen and oxygen atoms in total. The molecule has 0 fully saturated rings. The molecular weight excluding hydrogens is 271 g/mol. The fraction of sp³-hybridized carbons (Fsp3) is 1.00. The van der Waals surface area contributed by atoms with E-state index in [2.05, 4.69) is 0 Å². The average Bonchev–Trinajstić information content (AvgIpc) is 2.31. The van der Waals surface area contributed by atoms with Crippen LogP contribution >= 0.6 is 24.8 Å². The van der Waals surface area contributed by atoms with Gasteiger partial charge in [-0.3, -0.25) is 0 Å². The van der Waals surface area contributed by atoms with Gasteiger partial charge in [-0.1, -0.05) is 25.7 Å². The van der Waals surface area contributed by atoms with Crippen LogP contribution in [0.5, 0.6) is 0 Å². The molecule has 0 spiro atoms. The molecule has 0 aromatic heterocycles. The van der Waals surface area contributed by atoms with E-state index in [0.29, 0.717) is 0 Å². The van der Waals surface area contributed by atoms with Crippen LogP contribution in [0.1, 0.15) is 51.4 Å². The molecule has 0 radical (unpaired) electrons. The van der Waals surface area contributed by atoms with Crippen molar-refractivity contribution in [1.29, 1.82) is 0 Å². The number of rotatable bonds is 10. The van der Waals surface area contributed by atoms with Gasteiger partial charge in [0.15, 0.2) is 0 Å². The summed E-state index contributed by atoms with van der Waals surface area (Å²) in [6, 6.07) is 0. The zero-order valence-electron chi connectivity index (χ0n) is 11.6. The first-order chi connectivity index (χ1) is 7.83. The van der Waals surface area contributed by atoms with Crippen LogP contribution in [-0.4, -0.2) is 26.2 Å². The van der Waals surface area contributed by atoms with Gasteiger partial charge in [0.25, 0.3) is 0 Å². The normalized spacial score (nSPS) is 8.67. The van der Waals surface area contributed by atoms with E-state index in [4.69, 9.17) is 22.9 Å². The Kier molecular flexibility index (Phi) is 45.5. The summed E-state index contributed by atoms with van der Waals surface area (Å²) >= 11 is 0. The molecule has 6 heteroatoms. The van der Waals surface area contributed by atoms with Crippen molar-refractivity contribution >= 4 is 24.8 Å². The number of hydrogen-bond acceptors (Lipinski definition) is 4. The van der Waals surface area contributed by atoms with Gasteiger partial charge in [-0.2, -0.15) is 0 Å². The van der Waals surface area contributed by atoms with E-state index < -0.39 is 0 Å². The highest BCUT2D eigenvalue weighted by Crippen LogP contribution is 1.95. The highest BCUT2D eigenvalue weighted by molar-refractivity contribution is 5.85. The average molecular weight is 305 g/mol. The van der Waals surface area contributed by atoms with Crippen molar-refractivity contribution < 1.29 is 0 Å². The lowest BCUT2D eigenvalue weighted by molar-refractivity contribution is 0.653. The van der Waals surface area contributed by atoms with E-state index >= 15 is 0 Å². The standard InChI is InChI=1S/2C6H16N2.2ClH/c2*7-5-3-1-2-4-6-8;;/h2*1-8H2;2*1H. The molecule has 0 saturated heterocycles. The van der Waals surface area contributed by atoms with Crippen LogP contribution in [0.15, 0.2) is 0 Å². The van der Waals surface area contributed by atoms with E-state index in [9.17, 15) is 0 Å². The van der Waals surface area contributed by atoms with Crippen molar-refractivity contribution in [3.63, 3.8) is 0 Å². The molecule has 8 N–H and O–H groups in total. The molecule has 0 saturated carbocycles. The number of hydrogen-bond donors (Lipinski definition) is 4. The molecule has 0 aliphatic carbocycles. The Morgan fingerprint density at radius 1 is 0.333 bits per heavy atom. The lowest BCUT2D eigenvalue weighted by atomic mass is 10.2. The van der Waals surface area contributed by atoms with Gasteiger partial charge >= 0.3 is 0 Å². The van der Waals surface area contributed by atoms with E-state index in [-0.39, 0.29) is 24.8 Å². The second kappa shape index (κ2) is 30.4. The Morgan fingerprint density at radius 2 is 0.500 bits per heavy atom. The summed E-state index contributed by atoms with van der Waals surface area (Å²) < 4.78 is 0. The van der Waals surface area contributed by atoms with Crippen molar-refractivity contribution in [2.75, 3.05) is 26.2 Å². The first kappa shape index (κ1) is 26.9.